The van der Waals surface area contributed by atoms with E-state index < -0.39 is 11.6 Å². The molecule has 0 bridgehead atoms. The standard InChI is InChI=1S/C29H35N5O2/c1-5-22-12-14-24(15-13-22)29(36)33(17-9-16-30)26(20(2)3)27-32-28(35)25(18-31)21(4)34(27)19-23-10-7-6-8-11-23/h6-8,10-15,20,26H,5,9,16-17,19,30H2,1-4H3. The second kappa shape index (κ2) is 12.3. The first-order valence-corrected chi connectivity index (χ1v) is 12.5. The highest BCUT2D eigenvalue weighted by Gasteiger charge is 2.33. The summed E-state index contributed by atoms with van der Waals surface area (Å²) in [5.41, 5.74) is 8.58. The Bertz CT molecular complexity index is 1270. The molecular formula is C29H35N5O2. The van der Waals surface area contributed by atoms with E-state index in [2.05, 4.69) is 11.9 Å². The van der Waals surface area contributed by atoms with E-state index in [4.69, 9.17) is 5.73 Å². The van der Waals surface area contributed by atoms with E-state index in [1.807, 2.05) is 79.1 Å². The van der Waals surface area contributed by atoms with Gasteiger partial charge in [-0.1, -0.05) is 63.2 Å². The van der Waals surface area contributed by atoms with E-state index in [0.717, 1.165) is 17.5 Å². The molecule has 7 nitrogen and oxygen atoms in total. The number of aryl methyl sites for hydroxylation is 1. The predicted octanol–water partition coefficient (Wildman–Crippen LogP) is 4.22. The van der Waals surface area contributed by atoms with Crippen LogP contribution in [0.25, 0.3) is 0 Å². The summed E-state index contributed by atoms with van der Waals surface area (Å²) >= 11 is 0. The predicted molar refractivity (Wildman–Crippen MR) is 142 cm³/mol. The summed E-state index contributed by atoms with van der Waals surface area (Å²) in [6.45, 7) is 9.15. The van der Waals surface area contributed by atoms with E-state index in [1.54, 1.807) is 11.8 Å². The highest BCUT2D eigenvalue weighted by molar-refractivity contribution is 5.94. The van der Waals surface area contributed by atoms with Crippen LogP contribution in [0.15, 0.2) is 59.4 Å². The number of nitriles is 1. The molecule has 0 saturated carbocycles. The van der Waals surface area contributed by atoms with Gasteiger partial charge in [-0.2, -0.15) is 10.2 Å². The average molecular weight is 486 g/mol. The maximum Gasteiger partial charge on any atom is 0.291 e. The number of hydrogen-bond donors (Lipinski definition) is 1. The Morgan fingerprint density at radius 3 is 2.33 bits per heavy atom. The van der Waals surface area contributed by atoms with Gasteiger partial charge in [0.2, 0.25) is 0 Å². The molecule has 0 aliphatic carbocycles. The molecule has 7 heteroatoms. The lowest BCUT2D eigenvalue weighted by Crippen LogP contribution is -2.42. The summed E-state index contributed by atoms with van der Waals surface area (Å²) in [5, 5.41) is 9.65. The molecule has 0 fully saturated rings. The van der Waals surface area contributed by atoms with Crippen molar-refractivity contribution in [1.29, 1.82) is 5.26 Å². The van der Waals surface area contributed by atoms with Crippen LogP contribution in [-0.4, -0.2) is 33.4 Å². The molecule has 1 heterocycles. The number of hydrogen-bond acceptors (Lipinski definition) is 5. The minimum atomic E-state index is -0.571. The molecule has 0 spiro atoms. The van der Waals surface area contributed by atoms with Gasteiger partial charge < -0.3 is 15.2 Å². The minimum Gasteiger partial charge on any atom is -0.330 e. The van der Waals surface area contributed by atoms with E-state index in [0.29, 0.717) is 43.1 Å². The number of nitrogens with two attached hydrogens (primary N) is 1. The fourth-order valence-electron chi connectivity index (χ4n) is 4.48. The van der Waals surface area contributed by atoms with Gasteiger partial charge in [0.05, 0.1) is 6.04 Å². The lowest BCUT2D eigenvalue weighted by atomic mass is 9.98. The first kappa shape index (κ1) is 26.8. The number of benzene rings is 2. The third kappa shape index (κ3) is 5.89. The van der Waals surface area contributed by atoms with Crippen molar-refractivity contribution in [3.63, 3.8) is 0 Å². The summed E-state index contributed by atoms with van der Waals surface area (Å²) in [7, 11) is 0. The van der Waals surface area contributed by atoms with Crippen LogP contribution in [0.1, 0.15) is 71.8 Å². The van der Waals surface area contributed by atoms with Gasteiger partial charge in [0, 0.05) is 24.3 Å². The summed E-state index contributed by atoms with van der Waals surface area (Å²) < 4.78 is 1.91. The first-order valence-electron chi connectivity index (χ1n) is 12.5. The van der Waals surface area contributed by atoms with Crippen LogP contribution in [0, 0.1) is 24.2 Å². The molecule has 188 valence electrons. The molecule has 1 unspecified atom stereocenters. The smallest absolute Gasteiger partial charge is 0.291 e. The van der Waals surface area contributed by atoms with Crippen molar-refractivity contribution in [3.8, 4) is 6.07 Å². The number of rotatable bonds is 10. The molecule has 3 aromatic rings. The van der Waals surface area contributed by atoms with Gasteiger partial charge >= 0.3 is 0 Å². The number of amides is 1. The van der Waals surface area contributed by atoms with Crippen LogP contribution < -0.4 is 11.3 Å². The van der Waals surface area contributed by atoms with Crippen molar-refractivity contribution in [2.24, 2.45) is 11.7 Å². The van der Waals surface area contributed by atoms with Gasteiger partial charge in [0.15, 0.2) is 0 Å². The van der Waals surface area contributed by atoms with Crippen molar-refractivity contribution < 1.29 is 4.79 Å². The third-order valence-electron chi connectivity index (χ3n) is 6.47. The lowest BCUT2D eigenvalue weighted by Gasteiger charge is -2.36. The molecular weight excluding hydrogens is 450 g/mol. The number of nitrogens with zero attached hydrogens (tertiary/aromatic N) is 4. The fourth-order valence-corrected chi connectivity index (χ4v) is 4.48. The van der Waals surface area contributed by atoms with E-state index in [1.165, 1.54) is 0 Å². The van der Waals surface area contributed by atoms with Gasteiger partial charge in [0.25, 0.3) is 11.5 Å². The van der Waals surface area contributed by atoms with Gasteiger partial charge in [-0.25, -0.2) is 0 Å². The Morgan fingerprint density at radius 2 is 1.78 bits per heavy atom. The van der Waals surface area contributed by atoms with E-state index in [9.17, 15) is 14.9 Å². The number of aromatic nitrogens is 2. The molecule has 0 aliphatic heterocycles. The maximum atomic E-state index is 13.8. The van der Waals surface area contributed by atoms with Crippen LogP contribution in [0.2, 0.25) is 0 Å². The van der Waals surface area contributed by atoms with Gasteiger partial charge in [0.1, 0.15) is 17.5 Å². The average Bonchev–Trinajstić information content (AvgIpc) is 2.88. The quantitative estimate of drug-likeness (QED) is 0.463. The molecule has 1 atom stereocenters. The summed E-state index contributed by atoms with van der Waals surface area (Å²) in [6.07, 6.45) is 1.50. The molecule has 1 amide bonds. The Balaban J connectivity index is 2.19. The molecule has 3 rings (SSSR count). The van der Waals surface area contributed by atoms with Crippen LogP contribution in [0.3, 0.4) is 0 Å². The van der Waals surface area contributed by atoms with Crippen molar-refractivity contribution in [2.75, 3.05) is 13.1 Å². The number of carbonyl (C=O) groups excluding carboxylic acids is 1. The van der Waals surface area contributed by atoms with E-state index >= 15 is 0 Å². The van der Waals surface area contributed by atoms with Crippen molar-refractivity contribution in [1.82, 2.24) is 14.5 Å². The monoisotopic (exact) mass is 485 g/mol. The zero-order chi connectivity index (χ0) is 26.2. The van der Waals surface area contributed by atoms with Gasteiger partial charge in [-0.3, -0.25) is 9.59 Å². The molecule has 1 aromatic heterocycles. The SMILES string of the molecule is CCc1ccc(C(=O)N(CCCN)C(c2nc(=O)c(C#N)c(C)n2Cc2ccccc2)C(C)C)cc1. The van der Waals surface area contributed by atoms with Crippen molar-refractivity contribution >= 4 is 5.91 Å². The molecule has 0 aliphatic rings. The first-order chi connectivity index (χ1) is 17.3. The fraction of sp³-hybridized carbons (Fsp3) is 0.379. The summed E-state index contributed by atoms with van der Waals surface area (Å²) in [5.74, 6) is 0.293. The third-order valence-corrected chi connectivity index (χ3v) is 6.47. The van der Waals surface area contributed by atoms with Gasteiger partial charge in [-0.05, 0) is 55.5 Å². The molecule has 0 radical (unpaired) electrons. The van der Waals surface area contributed by atoms with Crippen LogP contribution in [0.4, 0.5) is 0 Å². The molecule has 36 heavy (non-hydrogen) atoms. The summed E-state index contributed by atoms with van der Waals surface area (Å²) in [6, 6.07) is 19.0. The highest BCUT2D eigenvalue weighted by atomic mass is 16.2. The minimum absolute atomic E-state index is 0.0205. The molecule has 2 aromatic carbocycles. The van der Waals surface area contributed by atoms with Crippen molar-refractivity contribution in [2.45, 2.75) is 53.1 Å². The van der Waals surface area contributed by atoms with Crippen LogP contribution in [0.5, 0.6) is 0 Å². The Hall–Kier alpha value is -3.76. The normalized spacial score (nSPS) is 11.8. The zero-order valence-corrected chi connectivity index (χ0v) is 21.6. The number of carbonyl (C=O) groups is 1. The molecule has 0 saturated heterocycles. The second-order valence-corrected chi connectivity index (χ2v) is 9.30. The van der Waals surface area contributed by atoms with Gasteiger partial charge in [-0.15, -0.1) is 0 Å². The summed E-state index contributed by atoms with van der Waals surface area (Å²) in [4.78, 5) is 32.9. The maximum absolute atomic E-state index is 13.8. The second-order valence-electron chi connectivity index (χ2n) is 9.30. The largest absolute Gasteiger partial charge is 0.330 e. The Morgan fingerprint density at radius 1 is 1.11 bits per heavy atom. The highest BCUT2D eigenvalue weighted by Crippen LogP contribution is 2.30. The molecule has 2 N–H and O–H groups in total. The topological polar surface area (TPSA) is 105 Å². The lowest BCUT2D eigenvalue weighted by molar-refractivity contribution is 0.0601. The van der Waals surface area contributed by atoms with Crippen LogP contribution in [-0.2, 0) is 13.0 Å². The van der Waals surface area contributed by atoms with Crippen LogP contribution >= 0.6 is 0 Å². The van der Waals surface area contributed by atoms with Crippen molar-refractivity contribution in [3.05, 3.63) is 98.7 Å². The zero-order valence-electron chi connectivity index (χ0n) is 21.6. The Labute approximate surface area is 213 Å². The Kier molecular flexibility index (Phi) is 9.15. The van der Waals surface area contributed by atoms with E-state index in [-0.39, 0.29) is 17.4 Å².